The minimum Gasteiger partial charge on any atom is -0.467 e. The second-order valence-corrected chi connectivity index (χ2v) is 5.05. The van der Waals surface area contributed by atoms with E-state index in [1.165, 1.54) is 0 Å². The van der Waals surface area contributed by atoms with Crippen LogP contribution in [0.3, 0.4) is 0 Å². The number of rotatable bonds is 7. The van der Waals surface area contributed by atoms with Crippen molar-refractivity contribution in [1.82, 2.24) is 4.90 Å². The molecule has 1 aromatic heterocycles. The maximum atomic E-state index is 12.6. The summed E-state index contributed by atoms with van der Waals surface area (Å²) in [5.41, 5.74) is 6.95. The van der Waals surface area contributed by atoms with Crippen LogP contribution >= 0.6 is 0 Å². The maximum Gasteiger partial charge on any atom is 0.227 e. The molecular formula is C17H22N2O2. The van der Waals surface area contributed by atoms with Crippen LogP contribution in [0, 0.1) is 5.92 Å². The highest BCUT2D eigenvalue weighted by atomic mass is 16.3. The molecule has 1 aromatic carbocycles. The van der Waals surface area contributed by atoms with Crippen molar-refractivity contribution in [3.05, 3.63) is 60.1 Å². The van der Waals surface area contributed by atoms with Crippen LogP contribution in [-0.4, -0.2) is 23.9 Å². The SMILES string of the molecule is CCN(Cc1ccco1)C(=O)C(CN)Cc1ccccc1. The van der Waals surface area contributed by atoms with E-state index in [-0.39, 0.29) is 11.8 Å². The van der Waals surface area contributed by atoms with Crippen LogP contribution in [0.15, 0.2) is 53.1 Å². The third-order valence-electron chi connectivity index (χ3n) is 3.58. The molecular weight excluding hydrogens is 264 g/mol. The predicted molar refractivity (Wildman–Crippen MR) is 82.5 cm³/mol. The molecule has 1 heterocycles. The Morgan fingerprint density at radius 3 is 2.57 bits per heavy atom. The summed E-state index contributed by atoms with van der Waals surface area (Å²) in [5.74, 6) is 0.684. The van der Waals surface area contributed by atoms with Crippen molar-refractivity contribution in [3.63, 3.8) is 0 Å². The lowest BCUT2D eigenvalue weighted by Crippen LogP contribution is -2.39. The van der Waals surface area contributed by atoms with Gasteiger partial charge in [-0.2, -0.15) is 0 Å². The molecule has 2 rings (SSSR count). The van der Waals surface area contributed by atoms with Crippen molar-refractivity contribution >= 4 is 5.91 Å². The Bertz CT molecular complexity index is 537. The predicted octanol–water partition coefficient (Wildman–Crippen LogP) is 2.45. The number of hydrogen-bond donors (Lipinski definition) is 1. The van der Waals surface area contributed by atoms with Gasteiger partial charge in [0.2, 0.25) is 5.91 Å². The van der Waals surface area contributed by atoms with Gasteiger partial charge in [-0.15, -0.1) is 0 Å². The van der Waals surface area contributed by atoms with E-state index in [2.05, 4.69) is 0 Å². The second kappa shape index (κ2) is 7.64. The standard InChI is InChI=1S/C17H22N2O2/c1-2-19(13-16-9-6-10-21-16)17(20)15(12-18)11-14-7-4-3-5-8-14/h3-10,15H,2,11-13,18H2,1H3. The molecule has 1 amide bonds. The summed E-state index contributed by atoms with van der Waals surface area (Å²) in [7, 11) is 0. The molecule has 0 saturated heterocycles. The van der Waals surface area contributed by atoms with Crippen LogP contribution in [0.4, 0.5) is 0 Å². The van der Waals surface area contributed by atoms with E-state index in [1.54, 1.807) is 11.2 Å². The van der Waals surface area contributed by atoms with E-state index >= 15 is 0 Å². The summed E-state index contributed by atoms with van der Waals surface area (Å²) in [6, 6.07) is 13.7. The molecule has 0 radical (unpaired) electrons. The molecule has 1 atom stereocenters. The Kier molecular flexibility index (Phi) is 5.58. The van der Waals surface area contributed by atoms with Crippen molar-refractivity contribution in [1.29, 1.82) is 0 Å². The Morgan fingerprint density at radius 1 is 1.24 bits per heavy atom. The third-order valence-corrected chi connectivity index (χ3v) is 3.58. The third kappa shape index (κ3) is 4.20. The van der Waals surface area contributed by atoms with Crippen LogP contribution in [0.5, 0.6) is 0 Å². The molecule has 2 aromatic rings. The van der Waals surface area contributed by atoms with Crippen LogP contribution in [0.25, 0.3) is 0 Å². The number of furan rings is 1. The molecule has 4 heteroatoms. The molecule has 0 fully saturated rings. The van der Waals surface area contributed by atoms with E-state index in [4.69, 9.17) is 10.2 Å². The average Bonchev–Trinajstić information content (AvgIpc) is 3.03. The normalized spacial score (nSPS) is 12.1. The molecule has 0 aliphatic carbocycles. The topological polar surface area (TPSA) is 59.5 Å². The fourth-order valence-electron chi connectivity index (χ4n) is 2.36. The number of benzene rings is 1. The zero-order chi connectivity index (χ0) is 15.1. The molecule has 4 nitrogen and oxygen atoms in total. The fourth-order valence-corrected chi connectivity index (χ4v) is 2.36. The first-order valence-corrected chi connectivity index (χ1v) is 7.29. The lowest BCUT2D eigenvalue weighted by molar-refractivity contribution is -0.135. The van der Waals surface area contributed by atoms with Crippen molar-refractivity contribution in [2.24, 2.45) is 11.7 Å². The monoisotopic (exact) mass is 286 g/mol. The number of carbonyl (C=O) groups excluding carboxylic acids is 1. The molecule has 1 unspecified atom stereocenters. The van der Waals surface area contributed by atoms with Gasteiger partial charge in [0.25, 0.3) is 0 Å². The first-order chi connectivity index (χ1) is 10.2. The van der Waals surface area contributed by atoms with Gasteiger partial charge in [-0.1, -0.05) is 30.3 Å². The summed E-state index contributed by atoms with van der Waals surface area (Å²) >= 11 is 0. The van der Waals surface area contributed by atoms with Crippen LogP contribution < -0.4 is 5.73 Å². The second-order valence-electron chi connectivity index (χ2n) is 5.05. The molecule has 0 aliphatic heterocycles. The Morgan fingerprint density at radius 2 is 2.00 bits per heavy atom. The van der Waals surface area contributed by atoms with Crippen LogP contribution in [0.2, 0.25) is 0 Å². The highest BCUT2D eigenvalue weighted by Crippen LogP contribution is 2.14. The van der Waals surface area contributed by atoms with Gasteiger partial charge in [-0.05, 0) is 31.0 Å². The zero-order valence-corrected chi connectivity index (χ0v) is 12.4. The van der Waals surface area contributed by atoms with E-state index < -0.39 is 0 Å². The van der Waals surface area contributed by atoms with Crippen molar-refractivity contribution in [2.75, 3.05) is 13.1 Å². The summed E-state index contributed by atoms with van der Waals surface area (Å²) in [5, 5.41) is 0. The average molecular weight is 286 g/mol. The van der Waals surface area contributed by atoms with Crippen LogP contribution in [0.1, 0.15) is 18.2 Å². The first-order valence-electron chi connectivity index (χ1n) is 7.29. The van der Waals surface area contributed by atoms with Crippen molar-refractivity contribution in [2.45, 2.75) is 19.9 Å². The van der Waals surface area contributed by atoms with Gasteiger partial charge < -0.3 is 15.1 Å². The minimum atomic E-state index is -0.192. The maximum absolute atomic E-state index is 12.6. The first kappa shape index (κ1) is 15.3. The Labute approximate surface area is 125 Å². The molecule has 0 spiro atoms. The lowest BCUT2D eigenvalue weighted by Gasteiger charge is -2.25. The quantitative estimate of drug-likeness (QED) is 0.850. The largest absolute Gasteiger partial charge is 0.467 e. The Hall–Kier alpha value is -2.07. The molecule has 21 heavy (non-hydrogen) atoms. The van der Waals surface area contributed by atoms with Gasteiger partial charge in [-0.3, -0.25) is 4.79 Å². The van der Waals surface area contributed by atoms with E-state index in [0.29, 0.717) is 26.1 Å². The van der Waals surface area contributed by atoms with E-state index in [9.17, 15) is 4.79 Å². The number of carbonyl (C=O) groups is 1. The molecule has 2 N–H and O–H groups in total. The van der Waals surface area contributed by atoms with E-state index in [1.807, 2.05) is 49.4 Å². The number of hydrogen-bond acceptors (Lipinski definition) is 3. The van der Waals surface area contributed by atoms with Gasteiger partial charge in [0.1, 0.15) is 5.76 Å². The van der Waals surface area contributed by atoms with Gasteiger partial charge in [0.15, 0.2) is 0 Å². The molecule has 0 bridgehead atoms. The summed E-state index contributed by atoms with van der Waals surface area (Å²) in [4.78, 5) is 14.4. The van der Waals surface area contributed by atoms with Gasteiger partial charge in [0, 0.05) is 13.1 Å². The van der Waals surface area contributed by atoms with E-state index in [0.717, 1.165) is 11.3 Å². The highest BCUT2D eigenvalue weighted by molar-refractivity contribution is 5.79. The smallest absolute Gasteiger partial charge is 0.227 e. The minimum absolute atomic E-state index is 0.0836. The summed E-state index contributed by atoms with van der Waals surface area (Å²) in [6.07, 6.45) is 2.29. The van der Waals surface area contributed by atoms with Gasteiger partial charge >= 0.3 is 0 Å². The number of nitrogens with zero attached hydrogens (tertiary/aromatic N) is 1. The fraction of sp³-hybridized carbons (Fsp3) is 0.353. The zero-order valence-electron chi connectivity index (χ0n) is 12.4. The van der Waals surface area contributed by atoms with Gasteiger partial charge in [0.05, 0.1) is 18.7 Å². The van der Waals surface area contributed by atoms with Crippen molar-refractivity contribution < 1.29 is 9.21 Å². The number of nitrogens with two attached hydrogens (primary N) is 1. The highest BCUT2D eigenvalue weighted by Gasteiger charge is 2.23. The molecule has 112 valence electrons. The lowest BCUT2D eigenvalue weighted by atomic mass is 9.98. The van der Waals surface area contributed by atoms with Crippen LogP contribution in [-0.2, 0) is 17.8 Å². The number of amides is 1. The summed E-state index contributed by atoms with van der Waals surface area (Å²) in [6.45, 7) is 3.46. The van der Waals surface area contributed by atoms with Gasteiger partial charge in [-0.25, -0.2) is 0 Å². The molecule has 0 saturated carbocycles. The van der Waals surface area contributed by atoms with Crippen molar-refractivity contribution in [3.8, 4) is 0 Å². The molecule has 0 aliphatic rings. The summed E-state index contributed by atoms with van der Waals surface area (Å²) < 4.78 is 5.32. The Balaban J connectivity index is 2.03.